The van der Waals surface area contributed by atoms with Gasteiger partial charge in [0.2, 0.25) is 0 Å². The molecule has 2 N–H and O–H groups in total. The van der Waals surface area contributed by atoms with E-state index < -0.39 is 6.09 Å². The standard InChI is InChI=1S/C9H15N3O3/c1-2-7-15-9(14)11-4-6-12-5-3-10-8(12)13/h2H,1,3-7H2,(H,10,13)(H,11,14). The van der Waals surface area contributed by atoms with Gasteiger partial charge in [0.05, 0.1) is 0 Å². The molecule has 0 spiro atoms. The molecular formula is C9H15N3O3. The first-order chi connectivity index (χ1) is 7.24. The average molecular weight is 213 g/mol. The Morgan fingerprint density at radius 2 is 2.53 bits per heavy atom. The first-order valence-electron chi connectivity index (χ1n) is 4.78. The van der Waals surface area contributed by atoms with Crippen LogP contribution in [0, 0.1) is 0 Å². The number of ether oxygens (including phenoxy) is 1. The molecule has 1 rings (SSSR count). The largest absolute Gasteiger partial charge is 0.445 e. The molecule has 1 fully saturated rings. The maximum Gasteiger partial charge on any atom is 0.407 e. The number of alkyl carbamates (subject to hydrolysis) is 1. The van der Waals surface area contributed by atoms with E-state index in [0.29, 0.717) is 26.2 Å². The van der Waals surface area contributed by atoms with Crippen molar-refractivity contribution in [3.63, 3.8) is 0 Å². The van der Waals surface area contributed by atoms with Gasteiger partial charge in [0, 0.05) is 26.2 Å². The fraction of sp³-hybridized carbons (Fsp3) is 0.556. The SMILES string of the molecule is C=CCOC(=O)NCCN1CCNC1=O. The van der Waals surface area contributed by atoms with E-state index in [0.717, 1.165) is 0 Å². The van der Waals surface area contributed by atoms with Gasteiger partial charge in [0.15, 0.2) is 0 Å². The van der Waals surface area contributed by atoms with Crippen molar-refractivity contribution in [3.05, 3.63) is 12.7 Å². The normalized spacial score (nSPS) is 14.7. The van der Waals surface area contributed by atoms with Crippen LogP contribution < -0.4 is 10.6 Å². The summed E-state index contributed by atoms with van der Waals surface area (Å²) in [7, 11) is 0. The Balaban J connectivity index is 2.07. The van der Waals surface area contributed by atoms with Crippen molar-refractivity contribution < 1.29 is 14.3 Å². The van der Waals surface area contributed by atoms with Crippen molar-refractivity contribution in [2.45, 2.75) is 0 Å². The Hall–Kier alpha value is -1.72. The Kier molecular flexibility index (Phi) is 4.46. The predicted molar refractivity (Wildman–Crippen MR) is 54.5 cm³/mol. The highest BCUT2D eigenvalue weighted by Crippen LogP contribution is 1.94. The van der Waals surface area contributed by atoms with Gasteiger partial charge in [-0.3, -0.25) is 0 Å². The van der Waals surface area contributed by atoms with Gasteiger partial charge in [-0.15, -0.1) is 0 Å². The van der Waals surface area contributed by atoms with Gasteiger partial charge in [-0.2, -0.15) is 0 Å². The topological polar surface area (TPSA) is 70.7 Å². The quantitative estimate of drug-likeness (QED) is 0.628. The minimum Gasteiger partial charge on any atom is -0.445 e. The Morgan fingerprint density at radius 1 is 1.73 bits per heavy atom. The number of nitrogens with one attached hydrogen (secondary N) is 2. The Morgan fingerprint density at radius 3 is 3.13 bits per heavy atom. The van der Waals surface area contributed by atoms with Gasteiger partial charge < -0.3 is 20.3 Å². The molecule has 0 bridgehead atoms. The highest BCUT2D eigenvalue weighted by molar-refractivity contribution is 5.76. The van der Waals surface area contributed by atoms with Gasteiger partial charge in [-0.1, -0.05) is 12.7 Å². The van der Waals surface area contributed by atoms with Crippen LogP contribution in [-0.2, 0) is 4.74 Å². The van der Waals surface area contributed by atoms with Crippen LogP contribution in [0.15, 0.2) is 12.7 Å². The molecule has 0 unspecified atom stereocenters. The number of nitrogens with zero attached hydrogens (tertiary/aromatic N) is 1. The summed E-state index contributed by atoms with van der Waals surface area (Å²) in [5, 5.41) is 5.21. The second-order valence-corrected chi connectivity index (χ2v) is 3.03. The summed E-state index contributed by atoms with van der Waals surface area (Å²) in [5.41, 5.74) is 0. The number of carbonyl (C=O) groups excluding carboxylic acids is 2. The molecule has 0 aliphatic carbocycles. The van der Waals surface area contributed by atoms with Gasteiger partial charge in [-0.25, -0.2) is 9.59 Å². The summed E-state index contributed by atoms with van der Waals surface area (Å²) in [6, 6.07) is -0.0868. The van der Waals surface area contributed by atoms with E-state index in [1.54, 1.807) is 4.90 Å². The van der Waals surface area contributed by atoms with Crippen molar-refractivity contribution in [2.24, 2.45) is 0 Å². The maximum atomic E-state index is 11.1. The van der Waals surface area contributed by atoms with Gasteiger partial charge in [-0.05, 0) is 0 Å². The summed E-state index contributed by atoms with van der Waals surface area (Å²) in [5.74, 6) is 0. The molecule has 1 heterocycles. The van der Waals surface area contributed by atoms with Crippen molar-refractivity contribution >= 4 is 12.1 Å². The number of amides is 3. The number of hydrogen-bond donors (Lipinski definition) is 2. The lowest BCUT2D eigenvalue weighted by atomic mass is 10.5. The molecule has 0 radical (unpaired) electrons. The monoisotopic (exact) mass is 213 g/mol. The van der Waals surface area contributed by atoms with E-state index in [1.807, 2.05) is 0 Å². The second kappa shape index (κ2) is 5.90. The van der Waals surface area contributed by atoms with Crippen LogP contribution >= 0.6 is 0 Å². The highest BCUT2D eigenvalue weighted by Gasteiger charge is 2.18. The lowest BCUT2D eigenvalue weighted by molar-refractivity contribution is 0.157. The summed E-state index contributed by atoms with van der Waals surface area (Å²) in [6.07, 6.45) is 1.00. The number of carbonyl (C=O) groups is 2. The Labute approximate surface area is 88.3 Å². The van der Waals surface area contributed by atoms with Gasteiger partial charge in [0.25, 0.3) is 0 Å². The molecule has 0 aromatic rings. The minimum absolute atomic E-state index is 0.0868. The molecule has 0 atom stereocenters. The van der Waals surface area contributed by atoms with E-state index in [2.05, 4.69) is 17.2 Å². The molecular weight excluding hydrogens is 198 g/mol. The molecule has 84 valence electrons. The lowest BCUT2D eigenvalue weighted by Crippen LogP contribution is -2.37. The molecule has 15 heavy (non-hydrogen) atoms. The smallest absolute Gasteiger partial charge is 0.407 e. The van der Waals surface area contributed by atoms with E-state index in [1.165, 1.54) is 6.08 Å². The van der Waals surface area contributed by atoms with Crippen molar-refractivity contribution in [2.75, 3.05) is 32.8 Å². The second-order valence-electron chi connectivity index (χ2n) is 3.03. The van der Waals surface area contributed by atoms with Gasteiger partial charge in [0.1, 0.15) is 6.61 Å². The van der Waals surface area contributed by atoms with Crippen LogP contribution in [0.1, 0.15) is 0 Å². The third-order valence-corrected chi connectivity index (χ3v) is 1.93. The lowest BCUT2D eigenvalue weighted by Gasteiger charge is -2.13. The molecule has 0 saturated carbocycles. The minimum atomic E-state index is -0.491. The molecule has 0 aromatic carbocycles. The molecule has 0 aromatic heterocycles. The van der Waals surface area contributed by atoms with E-state index in [9.17, 15) is 9.59 Å². The van der Waals surface area contributed by atoms with Crippen LogP contribution in [0.3, 0.4) is 0 Å². The first-order valence-corrected chi connectivity index (χ1v) is 4.78. The predicted octanol–water partition coefficient (Wildman–Crippen LogP) is -0.0762. The number of hydrogen-bond acceptors (Lipinski definition) is 3. The van der Waals surface area contributed by atoms with Gasteiger partial charge >= 0.3 is 12.1 Å². The highest BCUT2D eigenvalue weighted by atomic mass is 16.5. The summed E-state index contributed by atoms with van der Waals surface area (Å²) >= 11 is 0. The Bertz CT molecular complexity index is 255. The van der Waals surface area contributed by atoms with Crippen LogP contribution in [0.25, 0.3) is 0 Å². The van der Waals surface area contributed by atoms with Crippen molar-refractivity contribution in [1.29, 1.82) is 0 Å². The maximum absolute atomic E-state index is 11.1. The first kappa shape index (κ1) is 11.4. The molecule has 6 nitrogen and oxygen atoms in total. The third-order valence-electron chi connectivity index (χ3n) is 1.93. The zero-order valence-electron chi connectivity index (χ0n) is 8.49. The molecule has 1 saturated heterocycles. The fourth-order valence-corrected chi connectivity index (χ4v) is 1.20. The number of rotatable bonds is 5. The van der Waals surface area contributed by atoms with E-state index in [4.69, 9.17) is 4.74 Å². The van der Waals surface area contributed by atoms with E-state index >= 15 is 0 Å². The van der Waals surface area contributed by atoms with Crippen LogP contribution in [-0.4, -0.2) is 49.8 Å². The van der Waals surface area contributed by atoms with Crippen molar-refractivity contribution in [3.8, 4) is 0 Å². The number of urea groups is 1. The third kappa shape index (κ3) is 3.88. The fourth-order valence-electron chi connectivity index (χ4n) is 1.20. The van der Waals surface area contributed by atoms with E-state index in [-0.39, 0.29) is 12.6 Å². The van der Waals surface area contributed by atoms with Crippen molar-refractivity contribution in [1.82, 2.24) is 15.5 Å². The molecule has 1 aliphatic rings. The molecule has 1 aliphatic heterocycles. The van der Waals surface area contributed by atoms with Crippen LogP contribution in [0.2, 0.25) is 0 Å². The average Bonchev–Trinajstić information content (AvgIpc) is 2.61. The summed E-state index contributed by atoms with van der Waals surface area (Å²) in [6.45, 7) is 5.85. The molecule has 6 heteroatoms. The molecule has 3 amide bonds. The van der Waals surface area contributed by atoms with Crippen LogP contribution in [0.4, 0.5) is 9.59 Å². The summed E-state index contributed by atoms with van der Waals surface area (Å²) in [4.78, 5) is 23.7. The summed E-state index contributed by atoms with van der Waals surface area (Å²) < 4.78 is 4.70. The zero-order chi connectivity index (χ0) is 11.1. The van der Waals surface area contributed by atoms with Crippen LogP contribution in [0.5, 0.6) is 0 Å². The zero-order valence-corrected chi connectivity index (χ0v) is 8.49.